The SMILES string of the molecule is CC[N+](CC)(CCN1CCN(CC[N+](CC)(CC)Cc2ccccc2)CC1)Cc1ccccc1.[Br-].[Br-]. The maximum atomic E-state index is 2.71. The Kier molecular flexibility index (Phi) is 15.7. The fourth-order valence-electron chi connectivity index (χ4n) is 5.57. The highest BCUT2D eigenvalue weighted by atomic mass is 79.9. The van der Waals surface area contributed by atoms with Gasteiger partial charge in [-0.2, -0.15) is 0 Å². The van der Waals surface area contributed by atoms with Crippen LogP contribution >= 0.6 is 0 Å². The fourth-order valence-corrected chi connectivity index (χ4v) is 5.57. The normalized spacial score (nSPS) is 15.2. The van der Waals surface area contributed by atoms with Gasteiger partial charge >= 0.3 is 0 Å². The number of hydrogen-bond donors (Lipinski definition) is 0. The van der Waals surface area contributed by atoms with Crippen LogP contribution in [0.2, 0.25) is 0 Å². The zero-order valence-corrected chi connectivity index (χ0v) is 26.4. The van der Waals surface area contributed by atoms with Crippen molar-refractivity contribution in [3.05, 3.63) is 71.8 Å². The van der Waals surface area contributed by atoms with Crippen molar-refractivity contribution in [1.29, 1.82) is 0 Å². The molecule has 1 aliphatic rings. The van der Waals surface area contributed by atoms with Gasteiger partial charge in [-0.25, -0.2) is 0 Å². The van der Waals surface area contributed by atoms with Gasteiger partial charge in [-0.1, -0.05) is 60.7 Å². The average molecular weight is 627 g/mol. The molecule has 204 valence electrons. The Bertz CT molecular complexity index is 733. The van der Waals surface area contributed by atoms with E-state index in [-0.39, 0.29) is 34.0 Å². The third kappa shape index (κ3) is 9.85. The molecule has 36 heavy (non-hydrogen) atoms. The molecule has 0 aromatic heterocycles. The second-order valence-corrected chi connectivity index (χ2v) is 10.4. The summed E-state index contributed by atoms with van der Waals surface area (Å²) in [6.45, 7) is 26.4. The first-order valence-corrected chi connectivity index (χ1v) is 13.8. The van der Waals surface area contributed by atoms with Crippen molar-refractivity contribution in [3.8, 4) is 0 Å². The average Bonchev–Trinajstić information content (AvgIpc) is 2.91. The van der Waals surface area contributed by atoms with E-state index in [9.17, 15) is 0 Å². The van der Waals surface area contributed by atoms with Crippen LogP contribution in [0.4, 0.5) is 0 Å². The maximum absolute atomic E-state index is 2.71. The summed E-state index contributed by atoms with van der Waals surface area (Å²) in [6, 6.07) is 22.1. The summed E-state index contributed by atoms with van der Waals surface area (Å²) < 4.78 is 2.38. The van der Waals surface area contributed by atoms with E-state index in [1.165, 1.54) is 98.6 Å². The van der Waals surface area contributed by atoms with E-state index in [2.05, 4.69) is 98.2 Å². The van der Waals surface area contributed by atoms with Gasteiger partial charge in [0.1, 0.15) is 13.1 Å². The minimum atomic E-state index is 0. The Hall–Kier alpha value is -0.760. The first-order chi connectivity index (χ1) is 16.6. The number of halogens is 2. The van der Waals surface area contributed by atoms with Crippen molar-refractivity contribution in [1.82, 2.24) is 9.80 Å². The Balaban J connectivity index is 0.00000324. The molecule has 2 aromatic rings. The first kappa shape index (κ1) is 33.3. The van der Waals surface area contributed by atoms with Crippen molar-refractivity contribution >= 4 is 0 Å². The molecule has 3 rings (SSSR count). The molecule has 0 radical (unpaired) electrons. The summed E-state index contributed by atoms with van der Waals surface area (Å²) in [6.07, 6.45) is 0. The third-order valence-corrected chi connectivity index (χ3v) is 8.65. The smallest absolute Gasteiger partial charge is 0.104 e. The number of benzene rings is 2. The van der Waals surface area contributed by atoms with Crippen molar-refractivity contribution in [2.45, 2.75) is 40.8 Å². The molecule has 0 atom stereocenters. The van der Waals surface area contributed by atoms with E-state index in [1.54, 1.807) is 0 Å². The topological polar surface area (TPSA) is 6.48 Å². The molecule has 0 N–H and O–H groups in total. The predicted octanol–water partition coefficient (Wildman–Crippen LogP) is -1.27. The number of hydrogen-bond acceptors (Lipinski definition) is 2. The van der Waals surface area contributed by atoms with E-state index in [4.69, 9.17) is 0 Å². The summed E-state index contributed by atoms with van der Waals surface area (Å²) in [7, 11) is 0. The second kappa shape index (κ2) is 17.0. The lowest BCUT2D eigenvalue weighted by atomic mass is 10.1. The summed E-state index contributed by atoms with van der Waals surface area (Å²) >= 11 is 0. The van der Waals surface area contributed by atoms with Gasteiger partial charge in [-0.05, 0) is 27.7 Å². The molecule has 1 aliphatic heterocycles. The van der Waals surface area contributed by atoms with E-state index in [0.29, 0.717) is 0 Å². The lowest BCUT2D eigenvalue weighted by molar-refractivity contribution is -0.937. The standard InChI is InChI=1S/C30H50N4.2BrH/c1-5-33(6-2,27-29-15-11-9-12-16-29)25-23-31-19-21-32(22-20-31)24-26-34(7-3,8-4)28-30-17-13-10-14-18-30;;/h9-18H,5-8,19-28H2,1-4H3;2*1H/q+2;;/p-2. The number of nitrogens with zero attached hydrogens (tertiary/aromatic N) is 4. The number of rotatable bonds is 14. The highest BCUT2D eigenvalue weighted by Crippen LogP contribution is 2.17. The van der Waals surface area contributed by atoms with Gasteiger partial charge < -0.3 is 42.9 Å². The minimum absolute atomic E-state index is 0. The molecule has 1 saturated heterocycles. The highest BCUT2D eigenvalue weighted by Gasteiger charge is 2.28. The van der Waals surface area contributed by atoms with Gasteiger partial charge in [0, 0.05) is 50.4 Å². The monoisotopic (exact) mass is 624 g/mol. The lowest BCUT2D eigenvalue weighted by Gasteiger charge is -2.42. The molecular formula is C30H50Br2N4. The molecule has 0 saturated carbocycles. The Morgan fingerprint density at radius 3 is 1.11 bits per heavy atom. The predicted molar refractivity (Wildman–Crippen MR) is 146 cm³/mol. The molecule has 4 nitrogen and oxygen atoms in total. The maximum Gasteiger partial charge on any atom is 0.104 e. The van der Waals surface area contributed by atoms with E-state index in [1.807, 2.05) is 0 Å². The molecule has 0 amide bonds. The molecule has 1 fully saturated rings. The van der Waals surface area contributed by atoms with Crippen molar-refractivity contribution in [2.24, 2.45) is 0 Å². The molecule has 6 heteroatoms. The molecule has 0 unspecified atom stereocenters. The molecule has 1 heterocycles. The Morgan fingerprint density at radius 1 is 0.528 bits per heavy atom. The first-order valence-electron chi connectivity index (χ1n) is 13.8. The fraction of sp³-hybridized carbons (Fsp3) is 0.600. The van der Waals surface area contributed by atoms with E-state index in [0.717, 1.165) is 13.1 Å². The van der Waals surface area contributed by atoms with Gasteiger partial charge in [-0.3, -0.25) is 9.80 Å². The zero-order valence-electron chi connectivity index (χ0n) is 23.2. The second-order valence-electron chi connectivity index (χ2n) is 10.4. The van der Waals surface area contributed by atoms with Gasteiger partial charge in [0.25, 0.3) is 0 Å². The van der Waals surface area contributed by atoms with Gasteiger partial charge in [0.2, 0.25) is 0 Å². The van der Waals surface area contributed by atoms with Gasteiger partial charge in [0.15, 0.2) is 0 Å². The van der Waals surface area contributed by atoms with Crippen molar-refractivity contribution in [3.63, 3.8) is 0 Å². The van der Waals surface area contributed by atoms with Crippen LogP contribution in [0.15, 0.2) is 60.7 Å². The third-order valence-electron chi connectivity index (χ3n) is 8.65. The highest BCUT2D eigenvalue weighted by molar-refractivity contribution is 5.14. The molecule has 0 bridgehead atoms. The minimum Gasteiger partial charge on any atom is -1.00 e. The number of likely N-dealkylation sites (N-methyl/N-ethyl adjacent to an activating group) is 2. The van der Waals surface area contributed by atoms with Crippen LogP contribution in [0, 0.1) is 0 Å². The van der Waals surface area contributed by atoms with Crippen LogP contribution in [0.3, 0.4) is 0 Å². The van der Waals surface area contributed by atoms with Crippen LogP contribution in [-0.4, -0.2) is 97.3 Å². The van der Waals surface area contributed by atoms with Crippen LogP contribution in [0.5, 0.6) is 0 Å². The largest absolute Gasteiger partial charge is 1.00 e. The van der Waals surface area contributed by atoms with Crippen molar-refractivity contribution in [2.75, 3.05) is 78.5 Å². The summed E-state index contributed by atoms with van der Waals surface area (Å²) in [5.74, 6) is 0. The summed E-state index contributed by atoms with van der Waals surface area (Å²) in [5, 5.41) is 0. The van der Waals surface area contributed by atoms with E-state index < -0.39 is 0 Å². The summed E-state index contributed by atoms with van der Waals surface area (Å²) in [5.41, 5.74) is 2.94. The summed E-state index contributed by atoms with van der Waals surface area (Å²) in [4.78, 5) is 5.43. The number of quaternary nitrogens is 2. The van der Waals surface area contributed by atoms with Gasteiger partial charge in [0.05, 0.1) is 39.3 Å². The molecule has 0 aliphatic carbocycles. The van der Waals surface area contributed by atoms with E-state index >= 15 is 0 Å². The molecular weight excluding hydrogens is 576 g/mol. The quantitative estimate of drug-likeness (QED) is 0.242. The molecule has 0 spiro atoms. The lowest BCUT2D eigenvalue weighted by Crippen LogP contribution is -3.00. The van der Waals surface area contributed by atoms with Crippen LogP contribution < -0.4 is 34.0 Å². The Labute approximate surface area is 243 Å². The zero-order chi connectivity index (χ0) is 24.3. The Morgan fingerprint density at radius 2 is 0.833 bits per heavy atom. The molecule has 2 aromatic carbocycles. The van der Waals surface area contributed by atoms with Crippen molar-refractivity contribution < 1.29 is 42.9 Å². The van der Waals surface area contributed by atoms with Crippen LogP contribution in [0.1, 0.15) is 38.8 Å². The van der Waals surface area contributed by atoms with Gasteiger partial charge in [-0.15, -0.1) is 0 Å². The number of piperazine rings is 1. The van der Waals surface area contributed by atoms with Crippen LogP contribution in [-0.2, 0) is 13.1 Å². The van der Waals surface area contributed by atoms with Crippen LogP contribution in [0.25, 0.3) is 0 Å².